The van der Waals surface area contributed by atoms with Crippen molar-refractivity contribution < 1.29 is 13.6 Å². The lowest BCUT2D eigenvalue weighted by atomic mass is 10.1. The summed E-state index contributed by atoms with van der Waals surface area (Å²) in [7, 11) is 0. The van der Waals surface area contributed by atoms with Crippen LogP contribution in [0.5, 0.6) is 0 Å². The molecule has 2 aromatic carbocycles. The zero-order valence-corrected chi connectivity index (χ0v) is 14.1. The van der Waals surface area contributed by atoms with Gasteiger partial charge in [-0.2, -0.15) is 9.61 Å². The maximum atomic E-state index is 13.8. The van der Waals surface area contributed by atoms with Crippen molar-refractivity contribution in [3.8, 4) is 11.3 Å². The minimum Gasteiger partial charge on any atom is -0.322 e. The fourth-order valence-electron chi connectivity index (χ4n) is 2.71. The number of aryl methyl sites for hydroxylation is 1. The SMILES string of the molecule is Cc1nnc2ccc(-c3cccc(NC(=O)c4c(F)cccc4F)c3)nn12. The quantitative estimate of drug-likeness (QED) is 0.602. The van der Waals surface area contributed by atoms with E-state index < -0.39 is 23.1 Å². The number of aromatic nitrogens is 4. The Hall–Kier alpha value is -3.68. The van der Waals surface area contributed by atoms with Crippen molar-refractivity contribution in [3.05, 3.63) is 77.6 Å². The third-order valence-electron chi connectivity index (χ3n) is 4.02. The van der Waals surface area contributed by atoms with Gasteiger partial charge in [-0.15, -0.1) is 10.2 Å². The molecule has 0 spiro atoms. The zero-order valence-electron chi connectivity index (χ0n) is 14.1. The summed E-state index contributed by atoms with van der Waals surface area (Å²) in [6, 6.07) is 13.7. The van der Waals surface area contributed by atoms with E-state index in [9.17, 15) is 13.6 Å². The number of hydrogen-bond donors (Lipinski definition) is 1. The van der Waals surface area contributed by atoms with E-state index in [0.29, 0.717) is 22.9 Å². The van der Waals surface area contributed by atoms with Crippen molar-refractivity contribution in [3.63, 3.8) is 0 Å². The molecule has 0 atom stereocenters. The Morgan fingerprint density at radius 2 is 1.74 bits per heavy atom. The normalized spacial score (nSPS) is 10.9. The van der Waals surface area contributed by atoms with Crippen molar-refractivity contribution in [2.75, 3.05) is 5.32 Å². The standard InChI is InChI=1S/C19H13F2N5O/c1-11-23-24-17-9-8-16(25-26(11)17)12-4-2-5-13(10-12)22-19(27)18-14(20)6-3-7-15(18)21/h2-10H,1H3,(H,22,27). The van der Waals surface area contributed by atoms with E-state index in [1.807, 2.05) is 6.07 Å². The largest absolute Gasteiger partial charge is 0.322 e. The highest BCUT2D eigenvalue weighted by molar-refractivity contribution is 6.04. The lowest BCUT2D eigenvalue weighted by Gasteiger charge is -2.09. The van der Waals surface area contributed by atoms with E-state index in [1.54, 1.807) is 41.8 Å². The summed E-state index contributed by atoms with van der Waals surface area (Å²) in [5, 5.41) is 14.9. The number of rotatable bonds is 3. The summed E-state index contributed by atoms with van der Waals surface area (Å²) in [5.41, 5.74) is 1.75. The molecule has 2 heterocycles. The second-order valence-electron chi connectivity index (χ2n) is 5.87. The number of halogens is 2. The van der Waals surface area contributed by atoms with Crippen molar-refractivity contribution >= 4 is 17.2 Å². The summed E-state index contributed by atoms with van der Waals surface area (Å²) in [5.74, 6) is -2.05. The first-order chi connectivity index (χ1) is 13.0. The van der Waals surface area contributed by atoms with E-state index in [0.717, 1.165) is 17.7 Å². The number of nitrogens with one attached hydrogen (secondary N) is 1. The highest BCUT2D eigenvalue weighted by atomic mass is 19.1. The molecule has 0 bridgehead atoms. The molecule has 0 fully saturated rings. The minimum atomic E-state index is -0.918. The number of benzene rings is 2. The van der Waals surface area contributed by atoms with Gasteiger partial charge in [-0.25, -0.2) is 8.78 Å². The van der Waals surface area contributed by atoms with Gasteiger partial charge in [0.25, 0.3) is 5.91 Å². The number of hydrogen-bond acceptors (Lipinski definition) is 4. The molecular weight excluding hydrogens is 352 g/mol. The molecule has 4 aromatic rings. The van der Waals surface area contributed by atoms with Gasteiger partial charge in [0.05, 0.1) is 5.69 Å². The molecule has 6 nitrogen and oxygen atoms in total. The fraction of sp³-hybridized carbons (Fsp3) is 0.0526. The van der Waals surface area contributed by atoms with Gasteiger partial charge in [0.15, 0.2) is 11.5 Å². The highest BCUT2D eigenvalue weighted by Gasteiger charge is 2.17. The average Bonchev–Trinajstić information content (AvgIpc) is 3.02. The number of carbonyl (C=O) groups is 1. The average molecular weight is 365 g/mol. The van der Waals surface area contributed by atoms with E-state index in [2.05, 4.69) is 20.6 Å². The smallest absolute Gasteiger partial charge is 0.261 e. The van der Waals surface area contributed by atoms with Gasteiger partial charge in [-0.05, 0) is 43.3 Å². The van der Waals surface area contributed by atoms with Crippen molar-refractivity contribution in [1.82, 2.24) is 19.8 Å². The van der Waals surface area contributed by atoms with Gasteiger partial charge < -0.3 is 5.32 Å². The third kappa shape index (κ3) is 3.12. The van der Waals surface area contributed by atoms with Crippen LogP contribution in [0.4, 0.5) is 14.5 Å². The molecule has 0 radical (unpaired) electrons. The highest BCUT2D eigenvalue weighted by Crippen LogP contribution is 2.22. The number of anilines is 1. The Morgan fingerprint density at radius 3 is 2.52 bits per heavy atom. The minimum absolute atomic E-state index is 0.391. The Kier molecular flexibility index (Phi) is 4.08. The van der Waals surface area contributed by atoms with Gasteiger partial charge in [-0.3, -0.25) is 4.79 Å². The van der Waals surface area contributed by atoms with Crippen LogP contribution in [-0.4, -0.2) is 25.7 Å². The molecule has 4 rings (SSSR count). The summed E-state index contributed by atoms with van der Waals surface area (Å²) in [6.45, 7) is 1.79. The van der Waals surface area contributed by atoms with Crippen LogP contribution < -0.4 is 5.32 Å². The van der Waals surface area contributed by atoms with Crippen molar-refractivity contribution in [1.29, 1.82) is 0 Å². The van der Waals surface area contributed by atoms with Gasteiger partial charge in [0, 0.05) is 11.3 Å². The van der Waals surface area contributed by atoms with Gasteiger partial charge in [-0.1, -0.05) is 18.2 Å². The molecule has 0 saturated carbocycles. The molecular formula is C19H13F2N5O. The maximum absolute atomic E-state index is 13.8. The third-order valence-corrected chi connectivity index (χ3v) is 4.02. The van der Waals surface area contributed by atoms with Gasteiger partial charge in [0.2, 0.25) is 0 Å². The Labute approximate surface area is 152 Å². The number of amides is 1. The predicted octanol–water partition coefficient (Wildman–Crippen LogP) is 3.63. The van der Waals surface area contributed by atoms with Crippen LogP contribution in [0.2, 0.25) is 0 Å². The molecule has 8 heteroatoms. The molecule has 2 aromatic heterocycles. The van der Waals surface area contributed by atoms with Gasteiger partial charge >= 0.3 is 0 Å². The van der Waals surface area contributed by atoms with Crippen LogP contribution in [0.25, 0.3) is 16.9 Å². The van der Waals surface area contributed by atoms with E-state index in [-0.39, 0.29) is 0 Å². The van der Waals surface area contributed by atoms with E-state index in [1.165, 1.54) is 6.07 Å². The molecule has 0 aliphatic heterocycles. The molecule has 27 heavy (non-hydrogen) atoms. The second kappa shape index (κ2) is 6.56. The Bertz CT molecular complexity index is 1150. The van der Waals surface area contributed by atoms with Crippen LogP contribution in [-0.2, 0) is 0 Å². The molecule has 0 aliphatic rings. The monoisotopic (exact) mass is 365 g/mol. The molecule has 0 aliphatic carbocycles. The topological polar surface area (TPSA) is 72.2 Å². The zero-order chi connectivity index (χ0) is 19.0. The molecule has 134 valence electrons. The van der Waals surface area contributed by atoms with Gasteiger partial charge in [0.1, 0.15) is 17.2 Å². The second-order valence-corrected chi connectivity index (χ2v) is 5.87. The molecule has 1 N–H and O–H groups in total. The first kappa shape index (κ1) is 16.8. The number of fused-ring (bicyclic) bond motifs is 1. The van der Waals surface area contributed by atoms with Crippen LogP contribution in [0.15, 0.2) is 54.6 Å². The number of nitrogens with zero attached hydrogens (tertiary/aromatic N) is 4. The fourth-order valence-corrected chi connectivity index (χ4v) is 2.71. The number of carbonyl (C=O) groups excluding carboxylic acids is 1. The summed E-state index contributed by atoms with van der Waals surface area (Å²) >= 11 is 0. The summed E-state index contributed by atoms with van der Waals surface area (Å²) < 4.78 is 29.2. The predicted molar refractivity (Wildman–Crippen MR) is 95.3 cm³/mol. The lowest BCUT2D eigenvalue weighted by molar-refractivity contribution is 0.101. The molecule has 1 amide bonds. The molecule has 0 unspecified atom stereocenters. The first-order valence-corrected chi connectivity index (χ1v) is 8.08. The molecule has 0 saturated heterocycles. The van der Waals surface area contributed by atoms with E-state index >= 15 is 0 Å². The Morgan fingerprint density at radius 1 is 1.00 bits per heavy atom. The van der Waals surface area contributed by atoms with Crippen LogP contribution in [0.1, 0.15) is 16.2 Å². The lowest BCUT2D eigenvalue weighted by Crippen LogP contribution is -2.15. The van der Waals surface area contributed by atoms with Crippen LogP contribution in [0, 0.1) is 18.6 Å². The summed E-state index contributed by atoms with van der Waals surface area (Å²) in [6.07, 6.45) is 0. The van der Waals surface area contributed by atoms with Crippen LogP contribution >= 0.6 is 0 Å². The first-order valence-electron chi connectivity index (χ1n) is 8.08. The van der Waals surface area contributed by atoms with Crippen LogP contribution in [0.3, 0.4) is 0 Å². The Balaban J connectivity index is 1.66. The van der Waals surface area contributed by atoms with E-state index in [4.69, 9.17) is 0 Å². The maximum Gasteiger partial charge on any atom is 0.261 e. The summed E-state index contributed by atoms with van der Waals surface area (Å²) in [4.78, 5) is 12.3. The van der Waals surface area contributed by atoms with Crippen molar-refractivity contribution in [2.24, 2.45) is 0 Å². The van der Waals surface area contributed by atoms with Crippen molar-refractivity contribution in [2.45, 2.75) is 6.92 Å².